The molecule has 0 aliphatic carbocycles. The Morgan fingerprint density at radius 2 is 1.84 bits per heavy atom. The molecule has 2 amide bonds. The molecule has 0 unspecified atom stereocenters. The highest BCUT2D eigenvalue weighted by Crippen LogP contribution is 2.36. The van der Waals surface area contributed by atoms with Crippen molar-refractivity contribution in [2.24, 2.45) is 0 Å². The van der Waals surface area contributed by atoms with Gasteiger partial charge in [-0.1, -0.05) is 13.0 Å². The molecule has 100 valence electrons. The summed E-state index contributed by atoms with van der Waals surface area (Å²) in [4.78, 5) is 35.1. The van der Waals surface area contributed by atoms with Gasteiger partial charge in [0.1, 0.15) is 5.69 Å². The summed E-state index contributed by atoms with van der Waals surface area (Å²) < 4.78 is 0. The maximum atomic E-state index is 11.7. The number of nitrogens with zero attached hydrogens (tertiary/aromatic N) is 2. The van der Waals surface area contributed by atoms with Crippen molar-refractivity contribution in [3.8, 4) is 0 Å². The molecule has 1 fully saturated rings. The quantitative estimate of drug-likeness (QED) is 0.474. The fraction of sp³-hybridized carbons (Fsp3) is 0.385. The molecule has 1 aliphatic rings. The number of nitro groups is 1. The van der Waals surface area contributed by atoms with Crippen molar-refractivity contribution < 1.29 is 14.5 Å². The zero-order valence-electron chi connectivity index (χ0n) is 10.8. The smallest absolute Gasteiger partial charge is 0.274 e. The van der Waals surface area contributed by atoms with Gasteiger partial charge in [0.05, 0.1) is 4.92 Å². The van der Waals surface area contributed by atoms with Gasteiger partial charge in [-0.05, 0) is 25.0 Å². The molecule has 0 N–H and O–H groups in total. The monoisotopic (exact) mass is 262 g/mol. The van der Waals surface area contributed by atoms with Crippen LogP contribution in [0.2, 0.25) is 0 Å². The highest BCUT2D eigenvalue weighted by atomic mass is 16.6. The van der Waals surface area contributed by atoms with E-state index in [0.717, 1.165) is 10.5 Å². The molecule has 0 radical (unpaired) electrons. The second-order valence-electron chi connectivity index (χ2n) is 4.45. The lowest BCUT2D eigenvalue weighted by Gasteiger charge is -2.16. The van der Waals surface area contributed by atoms with E-state index in [0.29, 0.717) is 12.0 Å². The largest absolute Gasteiger partial charge is 0.296 e. The first-order valence-electron chi connectivity index (χ1n) is 6.10. The highest BCUT2D eigenvalue weighted by Gasteiger charge is 2.35. The minimum Gasteiger partial charge on any atom is -0.274 e. The van der Waals surface area contributed by atoms with Crippen LogP contribution in [-0.2, 0) is 16.0 Å². The molecule has 6 nitrogen and oxygen atoms in total. The van der Waals surface area contributed by atoms with Crippen LogP contribution >= 0.6 is 0 Å². The van der Waals surface area contributed by atoms with Crippen molar-refractivity contribution in [2.45, 2.75) is 33.1 Å². The minimum absolute atomic E-state index is 0.0900. The summed E-state index contributed by atoms with van der Waals surface area (Å²) in [6.07, 6.45) is 0.893. The molecule has 2 rings (SSSR count). The zero-order valence-corrected chi connectivity index (χ0v) is 10.8. The Bertz CT molecular complexity index is 564. The molecular formula is C13H14N2O4. The molecule has 1 aromatic carbocycles. The van der Waals surface area contributed by atoms with Gasteiger partial charge in [-0.15, -0.1) is 0 Å². The molecule has 0 bridgehead atoms. The van der Waals surface area contributed by atoms with Gasteiger partial charge in [0.2, 0.25) is 11.8 Å². The number of hydrogen-bond acceptors (Lipinski definition) is 4. The maximum Gasteiger partial charge on any atom is 0.296 e. The number of aryl methyl sites for hydroxylation is 1. The topological polar surface area (TPSA) is 80.5 Å². The third-order valence-electron chi connectivity index (χ3n) is 3.38. The summed E-state index contributed by atoms with van der Waals surface area (Å²) in [5.74, 6) is -0.756. The molecule has 1 aromatic rings. The van der Waals surface area contributed by atoms with E-state index in [4.69, 9.17) is 0 Å². The van der Waals surface area contributed by atoms with E-state index in [1.807, 2.05) is 6.92 Å². The van der Waals surface area contributed by atoms with Crippen LogP contribution in [0, 0.1) is 17.0 Å². The first kappa shape index (κ1) is 13.2. The Balaban J connectivity index is 2.64. The Morgan fingerprint density at radius 1 is 1.26 bits per heavy atom. The number of anilines is 1. The standard InChI is InChI=1S/C13H14N2O4/c1-3-9-4-5-10(13(8(9)2)15(18)19)14-11(16)6-7-12(14)17/h4-5H,3,6-7H2,1-2H3. The van der Waals surface area contributed by atoms with E-state index in [1.165, 1.54) is 6.07 Å². The van der Waals surface area contributed by atoms with Crippen molar-refractivity contribution >= 4 is 23.2 Å². The lowest BCUT2D eigenvalue weighted by molar-refractivity contribution is -0.384. The fourth-order valence-electron chi connectivity index (χ4n) is 2.37. The number of carbonyl (C=O) groups is 2. The summed E-state index contributed by atoms with van der Waals surface area (Å²) in [5.41, 5.74) is 1.29. The lowest BCUT2D eigenvalue weighted by atomic mass is 10.0. The first-order valence-corrected chi connectivity index (χ1v) is 6.10. The average Bonchev–Trinajstić information content (AvgIpc) is 2.68. The van der Waals surface area contributed by atoms with E-state index < -0.39 is 4.92 Å². The van der Waals surface area contributed by atoms with E-state index in [-0.39, 0.29) is 36.0 Å². The second-order valence-corrected chi connectivity index (χ2v) is 4.45. The molecule has 1 saturated heterocycles. The van der Waals surface area contributed by atoms with Crippen LogP contribution in [0.3, 0.4) is 0 Å². The van der Waals surface area contributed by atoms with E-state index in [9.17, 15) is 19.7 Å². The van der Waals surface area contributed by atoms with Gasteiger partial charge >= 0.3 is 0 Å². The van der Waals surface area contributed by atoms with E-state index in [2.05, 4.69) is 0 Å². The summed E-state index contributed by atoms with van der Waals surface area (Å²) in [7, 11) is 0. The van der Waals surface area contributed by atoms with Gasteiger partial charge in [0, 0.05) is 18.4 Å². The van der Waals surface area contributed by atoms with Crippen LogP contribution in [0.25, 0.3) is 0 Å². The summed E-state index contributed by atoms with van der Waals surface area (Å²) in [5, 5.41) is 11.2. The van der Waals surface area contributed by atoms with Crippen molar-refractivity contribution in [1.29, 1.82) is 0 Å². The molecule has 0 saturated carbocycles. The normalized spacial score (nSPS) is 15.2. The third-order valence-corrected chi connectivity index (χ3v) is 3.38. The van der Waals surface area contributed by atoms with Crippen LogP contribution in [0.15, 0.2) is 12.1 Å². The van der Waals surface area contributed by atoms with E-state index >= 15 is 0 Å². The molecule has 0 spiro atoms. The summed E-state index contributed by atoms with van der Waals surface area (Å²) >= 11 is 0. The van der Waals surface area contributed by atoms with Gasteiger partial charge in [-0.25, -0.2) is 4.90 Å². The number of carbonyl (C=O) groups excluding carboxylic acids is 2. The highest BCUT2D eigenvalue weighted by molar-refractivity contribution is 6.21. The predicted octanol–water partition coefficient (Wildman–Crippen LogP) is 2.12. The number of hydrogen-bond donors (Lipinski definition) is 0. The van der Waals surface area contributed by atoms with Crippen molar-refractivity contribution in [1.82, 2.24) is 0 Å². The van der Waals surface area contributed by atoms with Crippen LogP contribution in [0.5, 0.6) is 0 Å². The molecule has 6 heteroatoms. The molecule has 1 aliphatic heterocycles. The third kappa shape index (κ3) is 2.09. The van der Waals surface area contributed by atoms with Gasteiger partial charge in [0.15, 0.2) is 0 Å². The van der Waals surface area contributed by atoms with Crippen molar-refractivity contribution in [2.75, 3.05) is 4.90 Å². The molecule has 19 heavy (non-hydrogen) atoms. The molecular weight excluding hydrogens is 248 g/mol. The Hall–Kier alpha value is -2.24. The molecule has 1 heterocycles. The zero-order chi connectivity index (χ0) is 14.2. The summed E-state index contributed by atoms with van der Waals surface area (Å²) in [6, 6.07) is 3.22. The van der Waals surface area contributed by atoms with Crippen LogP contribution in [0.1, 0.15) is 30.9 Å². The predicted molar refractivity (Wildman–Crippen MR) is 68.9 cm³/mol. The summed E-state index contributed by atoms with van der Waals surface area (Å²) in [6.45, 7) is 3.55. The number of rotatable bonds is 3. The van der Waals surface area contributed by atoms with Crippen LogP contribution in [0.4, 0.5) is 11.4 Å². The van der Waals surface area contributed by atoms with Gasteiger partial charge in [0.25, 0.3) is 5.69 Å². The minimum atomic E-state index is -0.525. The van der Waals surface area contributed by atoms with Gasteiger partial charge in [-0.2, -0.15) is 0 Å². The number of benzene rings is 1. The van der Waals surface area contributed by atoms with Crippen LogP contribution in [-0.4, -0.2) is 16.7 Å². The SMILES string of the molecule is CCc1ccc(N2C(=O)CCC2=O)c([N+](=O)[O-])c1C. The number of nitro benzene ring substituents is 1. The lowest BCUT2D eigenvalue weighted by Crippen LogP contribution is -2.29. The fourth-order valence-corrected chi connectivity index (χ4v) is 2.37. The second kappa shape index (κ2) is 4.79. The molecule has 0 atom stereocenters. The van der Waals surface area contributed by atoms with E-state index in [1.54, 1.807) is 13.0 Å². The number of amides is 2. The van der Waals surface area contributed by atoms with Crippen molar-refractivity contribution in [3.05, 3.63) is 33.4 Å². The molecule has 0 aromatic heterocycles. The Labute approximate surface area is 110 Å². The Morgan fingerprint density at radius 3 is 2.32 bits per heavy atom. The van der Waals surface area contributed by atoms with Crippen molar-refractivity contribution in [3.63, 3.8) is 0 Å². The average molecular weight is 262 g/mol. The van der Waals surface area contributed by atoms with Crippen LogP contribution < -0.4 is 4.90 Å². The number of imide groups is 1. The van der Waals surface area contributed by atoms with Gasteiger partial charge in [-0.3, -0.25) is 19.7 Å². The Kier molecular flexibility index (Phi) is 3.33. The van der Waals surface area contributed by atoms with Gasteiger partial charge < -0.3 is 0 Å². The first-order chi connectivity index (χ1) is 8.97. The maximum absolute atomic E-state index is 11.7.